The molecular weight excluding hydrogens is 193 g/mol. The Bertz CT molecular complexity index is 179. The quantitative estimate of drug-likeness (QED) is 0.716. The predicted molar refractivity (Wildman–Crippen MR) is 48.9 cm³/mol. The number of hydrogen-bond donors (Lipinski definition) is 1. The molecule has 0 unspecified atom stereocenters. The van der Waals surface area contributed by atoms with Crippen molar-refractivity contribution >= 4 is 0 Å². The standard InChI is InChI=1S/C9H17F3N2/c1-7(2)14-5-3-4-8(14)6-13-9(10,11)12/h7-8,13H,3-6H2,1-2H3/t8-/m0/s1. The lowest BCUT2D eigenvalue weighted by Crippen LogP contribution is -2.45. The summed E-state index contributed by atoms with van der Waals surface area (Å²) in [6.07, 6.45) is -2.38. The molecule has 14 heavy (non-hydrogen) atoms. The van der Waals surface area contributed by atoms with Crippen LogP contribution in [-0.2, 0) is 0 Å². The molecule has 0 aromatic heterocycles. The average Bonchev–Trinajstić information content (AvgIpc) is 2.46. The van der Waals surface area contributed by atoms with Crippen LogP contribution >= 0.6 is 0 Å². The zero-order valence-electron chi connectivity index (χ0n) is 8.56. The van der Waals surface area contributed by atoms with Gasteiger partial charge in [-0.3, -0.25) is 4.90 Å². The van der Waals surface area contributed by atoms with Crippen molar-refractivity contribution in [3.8, 4) is 0 Å². The fourth-order valence-corrected chi connectivity index (χ4v) is 1.99. The minimum atomic E-state index is -4.24. The van der Waals surface area contributed by atoms with Crippen molar-refractivity contribution in [1.29, 1.82) is 0 Å². The minimum Gasteiger partial charge on any atom is -0.297 e. The van der Waals surface area contributed by atoms with Gasteiger partial charge in [0.25, 0.3) is 0 Å². The van der Waals surface area contributed by atoms with E-state index in [2.05, 4.69) is 4.90 Å². The first-order valence-electron chi connectivity index (χ1n) is 4.97. The molecule has 2 nitrogen and oxygen atoms in total. The molecule has 0 spiro atoms. The van der Waals surface area contributed by atoms with E-state index in [0.29, 0.717) is 6.04 Å². The highest BCUT2D eigenvalue weighted by Crippen LogP contribution is 2.20. The molecule has 1 heterocycles. The number of nitrogens with one attached hydrogen (secondary N) is 1. The molecule has 1 aliphatic heterocycles. The number of likely N-dealkylation sites (tertiary alicyclic amines) is 1. The van der Waals surface area contributed by atoms with Crippen LogP contribution < -0.4 is 5.32 Å². The van der Waals surface area contributed by atoms with E-state index in [1.54, 1.807) is 5.32 Å². The van der Waals surface area contributed by atoms with Gasteiger partial charge in [0.2, 0.25) is 0 Å². The molecule has 84 valence electrons. The summed E-state index contributed by atoms with van der Waals surface area (Å²) in [5.74, 6) is 0. The van der Waals surface area contributed by atoms with Crippen LogP contribution in [0.5, 0.6) is 0 Å². The lowest BCUT2D eigenvalue weighted by Gasteiger charge is -2.28. The maximum atomic E-state index is 11.9. The molecule has 0 aromatic carbocycles. The van der Waals surface area contributed by atoms with Gasteiger partial charge in [-0.25, -0.2) is 5.32 Å². The number of hydrogen-bond acceptors (Lipinski definition) is 2. The molecule has 0 amide bonds. The van der Waals surface area contributed by atoms with E-state index >= 15 is 0 Å². The Hall–Kier alpha value is -0.290. The molecule has 0 aromatic rings. The van der Waals surface area contributed by atoms with Crippen molar-refractivity contribution in [2.45, 2.75) is 45.1 Å². The van der Waals surface area contributed by atoms with E-state index in [9.17, 15) is 13.2 Å². The van der Waals surface area contributed by atoms with Gasteiger partial charge < -0.3 is 0 Å². The third kappa shape index (κ3) is 3.46. The summed E-state index contributed by atoms with van der Waals surface area (Å²) in [7, 11) is 0. The molecule has 1 aliphatic rings. The summed E-state index contributed by atoms with van der Waals surface area (Å²) in [5.41, 5.74) is 0. The third-order valence-electron chi connectivity index (χ3n) is 2.62. The van der Waals surface area contributed by atoms with Crippen LogP contribution in [0.1, 0.15) is 26.7 Å². The SMILES string of the molecule is CC(C)N1CCC[C@H]1CNC(F)(F)F. The van der Waals surface area contributed by atoms with Gasteiger partial charge in [0.05, 0.1) is 0 Å². The normalized spacial score (nSPS) is 24.9. The lowest BCUT2D eigenvalue weighted by atomic mass is 10.2. The van der Waals surface area contributed by atoms with Crippen molar-refractivity contribution in [3.05, 3.63) is 0 Å². The molecule has 1 N–H and O–H groups in total. The van der Waals surface area contributed by atoms with Gasteiger partial charge in [-0.15, -0.1) is 0 Å². The maximum Gasteiger partial charge on any atom is 0.457 e. The molecule has 0 radical (unpaired) electrons. The molecule has 1 saturated heterocycles. The first-order valence-corrected chi connectivity index (χ1v) is 4.97. The van der Waals surface area contributed by atoms with Crippen LogP contribution in [0.4, 0.5) is 13.2 Å². The predicted octanol–water partition coefficient (Wildman–Crippen LogP) is 1.97. The second kappa shape index (κ2) is 4.49. The second-order valence-corrected chi connectivity index (χ2v) is 4.01. The lowest BCUT2D eigenvalue weighted by molar-refractivity contribution is -0.159. The number of nitrogens with zero attached hydrogens (tertiary/aromatic N) is 1. The molecule has 0 aliphatic carbocycles. The molecular formula is C9H17F3N2. The number of halogens is 3. The van der Waals surface area contributed by atoms with Gasteiger partial charge in [-0.2, -0.15) is 13.2 Å². The highest BCUT2D eigenvalue weighted by atomic mass is 19.4. The highest BCUT2D eigenvalue weighted by molar-refractivity contribution is 4.83. The summed E-state index contributed by atoms with van der Waals surface area (Å²) in [5, 5.41) is 1.61. The first kappa shape index (κ1) is 11.8. The van der Waals surface area contributed by atoms with E-state index in [1.165, 1.54) is 0 Å². The first-order chi connectivity index (χ1) is 6.40. The number of rotatable bonds is 3. The smallest absolute Gasteiger partial charge is 0.297 e. The molecule has 1 atom stereocenters. The largest absolute Gasteiger partial charge is 0.457 e. The van der Waals surface area contributed by atoms with E-state index in [1.807, 2.05) is 13.8 Å². The van der Waals surface area contributed by atoms with Crippen molar-refractivity contribution in [2.24, 2.45) is 0 Å². The Kier molecular flexibility index (Phi) is 3.78. The van der Waals surface area contributed by atoms with E-state index in [-0.39, 0.29) is 12.6 Å². The summed E-state index contributed by atoms with van der Waals surface area (Å²) in [6.45, 7) is 4.97. The Morgan fingerprint density at radius 1 is 1.43 bits per heavy atom. The van der Waals surface area contributed by atoms with Crippen LogP contribution in [-0.4, -0.2) is 36.4 Å². The van der Waals surface area contributed by atoms with Crippen LogP contribution in [0.25, 0.3) is 0 Å². The van der Waals surface area contributed by atoms with Gasteiger partial charge in [0.15, 0.2) is 0 Å². The molecule has 5 heteroatoms. The Morgan fingerprint density at radius 3 is 2.57 bits per heavy atom. The summed E-state index contributed by atoms with van der Waals surface area (Å²) in [4.78, 5) is 2.12. The summed E-state index contributed by atoms with van der Waals surface area (Å²) >= 11 is 0. The van der Waals surface area contributed by atoms with E-state index < -0.39 is 6.30 Å². The van der Waals surface area contributed by atoms with Gasteiger partial charge in [0.1, 0.15) is 0 Å². The van der Waals surface area contributed by atoms with Crippen molar-refractivity contribution in [3.63, 3.8) is 0 Å². The highest BCUT2D eigenvalue weighted by Gasteiger charge is 2.32. The van der Waals surface area contributed by atoms with Gasteiger partial charge in [-0.1, -0.05) is 0 Å². The Labute approximate surface area is 82.5 Å². The zero-order valence-corrected chi connectivity index (χ0v) is 8.56. The zero-order chi connectivity index (χ0) is 10.8. The van der Waals surface area contributed by atoms with Crippen LogP contribution in [0.2, 0.25) is 0 Å². The van der Waals surface area contributed by atoms with Crippen molar-refractivity contribution < 1.29 is 13.2 Å². The van der Waals surface area contributed by atoms with Crippen molar-refractivity contribution in [1.82, 2.24) is 10.2 Å². The van der Waals surface area contributed by atoms with E-state index in [4.69, 9.17) is 0 Å². The fourth-order valence-electron chi connectivity index (χ4n) is 1.99. The Balaban J connectivity index is 2.36. The molecule has 0 saturated carbocycles. The topological polar surface area (TPSA) is 15.3 Å². The van der Waals surface area contributed by atoms with Crippen LogP contribution in [0.3, 0.4) is 0 Å². The number of alkyl halides is 3. The molecule has 1 rings (SSSR count). The van der Waals surface area contributed by atoms with Crippen molar-refractivity contribution in [2.75, 3.05) is 13.1 Å². The summed E-state index contributed by atoms with van der Waals surface area (Å²) < 4.78 is 35.7. The van der Waals surface area contributed by atoms with Crippen LogP contribution in [0.15, 0.2) is 0 Å². The fraction of sp³-hybridized carbons (Fsp3) is 1.00. The average molecular weight is 210 g/mol. The molecule has 0 bridgehead atoms. The Morgan fingerprint density at radius 2 is 2.07 bits per heavy atom. The monoisotopic (exact) mass is 210 g/mol. The van der Waals surface area contributed by atoms with E-state index in [0.717, 1.165) is 19.4 Å². The van der Waals surface area contributed by atoms with Gasteiger partial charge >= 0.3 is 6.30 Å². The van der Waals surface area contributed by atoms with Gasteiger partial charge in [0, 0.05) is 18.6 Å². The summed E-state index contributed by atoms with van der Waals surface area (Å²) in [6, 6.07) is 0.370. The van der Waals surface area contributed by atoms with Crippen LogP contribution in [0, 0.1) is 0 Å². The maximum absolute atomic E-state index is 11.9. The second-order valence-electron chi connectivity index (χ2n) is 4.01. The molecule has 1 fully saturated rings. The minimum absolute atomic E-state index is 0.0156. The van der Waals surface area contributed by atoms with Gasteiger partial charge in [-0.05, 0) is 33.2 Å². The third-order valence-corrected chi connectivity index (χ3v) is 2.62.